The minimum atomic E-state index is -0.978. The molecule has 0 saturated carbocycles. The van der Waals surface area contributed by atoms with Crippen LogP contribution in [0.3, 0.4) is 0 Å². The third-order valence-corrected chi connectivity index (χ3v) is 3.06. The van der Waals surface area contributed by atoms with Gasteiger partial charge in [-0.2, -0.15) is 0 Å². The first-order valence-corrected chi connectivity index (χ1v) is 6.62. The number of carbonyl (C=O) groups is 4. The monoisotopic (exact) mass is 290 g/mol. The zero-order valence-electron chi connectivity index (χ0n) is 11.6. The molecule has 1 unspecified atom stereocenters. The van der Waals surface area contributed by atoms with E-state index in [2.05, 4.69) is 15.3 Å². The summed E-state index contributed by atoms with van der Waals surface area (Å²) in [6.45, 7) is 4.00. The van der Waals surface area contributed by atoms with Crippen LogP contribution in [-0.4, -0.2) is 44.5 Å². The largest absolute Gasteiger partial charge is 0.295 e. The van der Waals surface area contributed by atoms with Gasteiger partial charge >= 0.3 is 0 Å². The predicted octanol–water partition coefficient (Wildman–Crippen LogP) is -0.0960. The summed E-state index contributed by atoms with van der Waals surface area (Å²) in [5.74, 6) is -2.36. The molecule has 1 N–H and O–H groups in total. The second kappa shape index (κ2) is 5.78. The standard InChI is InChI=1S/C11H8N4O4.C2H6/c16-6-2-1-5(9(17)14-6)15-10(18)7-8(11(15)19)13-4-3-12-7;1-2/h3-5H,1-2H2,(H,14,16,17);1-2H3. The van der Waals surface area contributed by atoms with Crippen LogP contribution in [0.2, 0.25) is 0 Å². The SMILES string of the molecule is CC.O=C1CCC(N2C(=O)c3nccnc3C2=O)C(=O)N1. The summed E-state index contributed by atoms with van der Waals surface area (Å²) in [5, 5.41) is 2.11. The van der Waals surface area contributed by atoms with Crippen molar-refractivity contribution in [2.75, 3.05) is 0 Å². The molecule has 8 nitrogen and oxygen atoms in total. The number of nitrogens with one attached hydrogen (secondary N) is 1. The van der Waals surface area contributed by atoms with Crippen LogP contribution < -0.4 is 5.32 Å². The third-order valence-electron chi connectivity index (χ3n) is 3.06. The molecule has 21 heavy (non-hydrogen) atoms. The summed E-state index contributed by atoms with van der Waals surface area (Å²) in [4.78, 5) is 55.4. The Labute approximate surface area is 120 Å². The fraction of sp³-hybridized carbons (Fsp3) is 0.385. The average molecular weight is 290 g/mol. The summed E-state index contributed by atoms with van der Waals surface area (Å²) in [7, 11) is 0. The van der Waals surface area contributed by atoms with Crippen LogP contribution in [0.5, 0.6) is 0 Å². The van der Waals surface area contributed by atoms with Crippen LogP contribution in [-0.2, 0) is 9.59 Å². The highest BCUT2D eigenvalue weighted by molar-refractivity contribution is 6.21. The average Bonchev–Trinajstić information content (AvgIpc) is 2.75. The van der Waals surface area contributed by atoms with Gasteiger partial charge in [0, 0.05) is 18.8 Å². The Hall–Kier alpha value is -2.64. The quantitative estimate of drug-likeness (QED) is 0.723. The Morgan fingerprint density at radius 2 is 1.57 bits per heavy atom. The van der Waals surface area contributed by atoms with Crippen molar-refractivity contribution in [2.24, 2.45) is 0 Å². The Bertz CT molecular complexity index is 593. The van der Waals surface area contributed by atoms with Crippen molar-refractivity contribution < 1.29 is 19.2 Å². The molecule has 110 valence electrons. The Morgan fingerprint density at radius 3 is 2.05 bits per heavy atom. The van der Waals surface area contributed by atoms with Crippen molar-refractivity contribution in [1.82, 2.24) is 20.2 Å². The van der Waals surface area contributed by atoms with Crippen molar-refractivity contribution in [3.05, 3.63) is 23.8 Å². The Kier molecular flexibility index (Phi) is 4.06. The van der Waals surface area contributed by atoms with Crippen LogP contribution in [0.15, 0.2) is 12.4 Å². The van der Waals surface area contributed by atoms with Gasteiger partial charge in [0.25, 0.3) is 11.8 Å². The number of hydrogen-bond acceptors (Lipinski definition) is 6. The van der Waals surface area contributed by atoms with Gasteiger partial charge in [-0.15, -0.1) is 0 Å². The molecule has 3 rings (SSSR count). The molecule has 1 saturated heterocycles. The van der Waals surface area contributed by atoms with Gasteiger partial charge in [0.2, 0.25) is 11.8 Å². The molecule has 1 aromatic rings. The van der Waals surface area contributed by atoms with Crippen molar-refractivity contribution in [2.45, 2.75) is 32.7 Å². The van der Waals surface area contributed by atoms with E-state index in [1.807, 2.05) is 13.8 Å². The summed E-state index contributed by atoms with van der Waals surface area (Å²) in [5.41, 5.74) is -0.116. The molecule has 0 aromatic carbocycles. The summed E-state index contributed by atoms with van der Waals surface area (Å²) >= 11 is 0. The lowest BCUT2D eigenvalue weighted by Gasteiger charge is -2.27. The molecular formula is C13H14N4O4. The van der Waals surface area contributed by atoms with E-state index in [1.165, 1.54) is 12.4 Å². The molecule has 3 heterocycles. The lowest BCUT2D eigenvalue weighted by molar-refractivity contribution is -0.136. The summed E-state index contributed by atoms with van der Waals surface area (Å²) < 4.78 is 0. The summed E-state index contributed by atoms with van der Waals surface area (Å²) in [6, 6.07) is -0.978. The zero-order chi connectivity index (χ0) is 15.6. The fourth-order valence-corrected chi connectivity index (χ4v) is 2.18. The van der Waals surface area contributed by atoms with E-state index in [0.29, 0.717) is 0 Å². The highest BCUT2D eigenvalue weighted by Crippen LogP contribution is 2.24. The van der Waals surface area contributed by atoms with E-state index in [9.17, 15) is 19.2 Å². The van der Waals surface area contributed by atoms with Crippen LogP contribution in [0.1, 0.15) is 47.7 Å². The number of nitrogens with zero attached hydrogens (tertiary/aromatic N) is 3. The first kappa shape index (κ1) is 14.8. The van der Waals surface area contributed by atoms with Crippen molar-refractivity contribution >= 4 is 23.6 Å². The minimum Gasteiger partial charge on any atom is -0.295 e. The number of carbonyl (C=O) groups excluding carboxylic acids is 4. The molecule has 8 heteroatoms. The van der Waals surface area contributed by atoms with Crippen LogP contribution in [0.25, 0.3) is 0 Å². The van der Waals surface area contributed by atoms with Crippen molar-refractivity contribution in [1.29, 1.82) is 0 Å². The number of aromatic nitrogens is 2. The second-order valence-corrected chi connectivity index (χ2v) is 4.20. The van der Waals surface area contributed by atoms with Crippen molar-refractivity contribution in [3.63, 3.8) is 0 Å². The molecule has 2 aliphatic rings. The normalized spacial score (nSPS) is 20.7. The van der Waals surface area contributed by atoms with E-state index >= 15 is 0 Å². The van der Waals surface area contributed by atoms with Gasteiger partial charge in [-0.05, 0) is 6.42 Å². The molecule has 2 aliphatic heterocycles. The Morgan fingerprint density at radius 1 is 1.05 bits per heavy atom. The topological polar surface area (TPSA) is 109 Å². The lowest BCUT2D eigenvalue weighted by Crippen LogP contribution is -2.54. The molecule has 0 bridgehead atoms. The van der Waals surface area contributed by atoms with Crippen LogP contribution >= 0.6 is 0 Å². The maximum absolute atomic E-state index is 12.1. The van der Waals surface area contributed by atoms with E-state index in [0.717, 1.165) is 4.90 Å². The van der Waals surface area contributed by atoms with E-state index in [1.54, 1.807) is 0 Å². The van der Waals surface area contributed by atoms with Gasteiger partial charge in [0.05, 0.1) is 0 Å². The van der Waals surface area contributed by atoms with Gasteiger partial charge in [0.1, 0.15) is 6.04 Å². The minimum absolute atomic E-state index is 0.0581. The van der Waals surface area contributed by atoms with Crippen LogP contribution in [0.4, 0.5) is 0 Å². The van der Waals surface area contributed by atoms with Gasteiger partial charge in [-0.25, -0.2) is 9.97 Å². The van der Waals surface area contributed by atoms with Gasteiger partial charge in [0.15, 0.2) is 11.4 Å². The highest BCUT2D eigenvalue weighted by Gasteiger charge is 2.46. The molecular weight excluding hydrogens is 276 g/mol. The molecule has 1 atom stereocenters. The van der Waals surface area contributed by atoms with Crippen molar-refractivity contribution in [3.8, 4) is 0 Å². The predicted molar refractivity (Wildman–Crippen MR) is 70.1 cm³/mol. The smallest absolute Gasteiger partial charge is 0.282 e. The molecule has 0 spiro atoms. The first-order chi connectivity index (χ1) is 10.1. The highest BCUT2D eigenvalue weighted by atomic mass is 16.2. The third kappa shape index (κ3) is 2.39. The Balaban J connectivity index is 0.000000774. The van der Waals surface area contributed by atoms with Crippen LogP contribution in [0, 0.1) is 0 Å². The van der Waals surface area contributed by atoms with Gasteiger partial charge < -0.3 is 0 Å². The number of amides is 4. The first-order valence-electron chi connectivity index (χ1n) is 6.62. The fourth-order valence-electron chi connectivity index (χ4n) is 2.18. The number of fused-ring (bicyclic) bond motifs is 1. The molecule has 0 aliphatic carbocycles. The van der Waals surface area contributed by atoms with E-state index < -0.39 is 29.7 Å². The zero-order valence-corrected chi connectivity index (χ0v) is 11.6. The number of imide groups is 2. The maximum atomic E-state index is 12.1. The number of rotatable bonds is 1. The second-order valence-electron chi connectivity index (χ2n) is 4.20. The van der Waals surface area contributed by atoms with Gasteiger partial charge in [-0.1, -0.05) is 13.8 Å². The lowest BCUT2D eigenvalue weighted by atomic mass is 10.0. The maximum Gasteiger partial charge on any atom is 0.282 e. The van der Waals surface area contributed by atoms with Gasteiger partial charge in [-0.3, -0.25) is 29.4 Å². The number of hydrogen-bond donors (Lipinski definition) is 1. The number of piperidine rings is 1. The van der Waals surface area contributed by atoms with E-state index in [-0.39, 0.29) is 24.2 Å². The molecule has 1 fully saturated rings. The van der Waals surface area contributed by atoms with E-state index in [4.69, 9.17) is 0 Å². The molecule has 1 aromatic heterocycles. The molecule has 4 amide bonds. The molecule has 0 radical (unpaired) electrons. The summed E-state index contributed by atoms with van der Waals surface area (Å²) in [6.07, 6.45) is 2.82.